The average molecular weight is 433 g/mol. The summed E-state index contributed by atoms with van der Waals surface area (Å²) in [5.41, 5.74) is 4.53. The molecular weight excluding hydrogens is 404 g/mol. The van der Waals surface area contributed by atoms with Crippen molar-refractivity contribution < 1.29 is 14.9 Å². The van der Waals surface area contributed by atoms with Crippen molar-refractivity contribution in [3.63, 3.8) is 0 Å². The van der Waals surface area contributed by atoms with Crippen LogP contribution in [-0.4, -0.2) is 55.5 Å². The van der Waals surface area contributed by atoms with Crippen LogP contribution in [0.3, 0.4) is 0 Å². The number of rotatable bonds is 7. The Morgan fingerprint density at radius 1 is 0.688 bits per heavy atom. The number of anilines is 2. The first-order chi connectivity index (χ1) is 15.3. The van der Waals surface area contributed by atoms with E-state index in [-0.39, 0.29) is 17.5 Å². The Kier molecular flexibility index (Phi) is 7.00. The molecule has 0 atom stereocenters. The molecule has 166 valence electrons. The Balaban J connectivity index is 1.84. The molecule has 7 heteroatoms. The van der Waals surface area contributed by atoms with Gasteiger partial charge >= 0.3 is 6.01 Å². The third-order valence-electron chi connectivity index (χ3n) is 4.78. The fourth-order valence-corrected chi connectivity index (χ4v) is 3.13. The summed E-state index contributed by atoms with van der Waals surface area (Å²) in [5.74, 6) is 0.425. The lowest BCUT2D eigenvalue weighted by Crippen LogP contribution is -2.08. The molecule has 32 heavy (non-hydrogen) atoms. The van der Waals surface area contributed by atoms with E-state index < -0.39 is 0 Å². The molecule has 3 rings (SSSR count). The second-order valence-corrected chi connectivity index (χ2v) is 7.66. The zero-order valence-electron chi connectivity index (χ0n) is 18.9. The van der Waals surface area contributed by atoms with Gasteiger partial charge < -0.3 is 24.7 Å². The molecule has 3 aromatic rings. The van der Waals surface area contributed by atoms with Crippen molar-refractivity contribution in [3.8, 4) is 17.5 Å². The molecule has 0 aliphatic carbocycles. The van der Waals surface area contributed by atoms with E-state index in [1.807, 2.05) is 92.6 Å². The molecule has 0 aliphatic heterocycles. The van der Waals surface area contributed by atoms with Crippen molar-refractivity contribution >= 4 is 35.7 Å². The molecular formula is C25H28N4O3. The molecule has 0 aliphatic rings. The normalized spacial score (nSPS) is 11.3. The van der Waals surface area contributed by atoms with Crippen LogP contribution in [0.4, 0.5) is 11.4 Å². The highest BCUT2D eigenvalue weighted by molar-refractivity contribution is 5.75. The molecule has 0 saturated carbocycles. The summed E-state index contributed by atoms with van der Waals surface area (Å²) >= 11 is 0. The number of hydrogen-bond donors (Lipinski definition) is 2. The Hall–Kier alpha value is -4.00. The summed E-state index contributed by atoms with van der Waals surface area (Å²) in [5, 5.41) is 20.4. The Morgan fingerprint density at radius 2 is 1.12 bits per heavy atom. The van der Waals surface area contributed by atoms with Crippen LogP contribution in [0.2, 0.25) is 0 Å². The highest BCUT2D eigenvalue weighted by Gasteiger charge is 2.05. The average Bonchev–Trinajstić information content (AvgIpc) is 2.75. The number of phenolic OH excluding ortho intramolecular Hbond substituents is 2. The van der Waals surface area contributed by atoms with Gasteiger partial charge in [0.25, 0.3) is 0 Å². The number of hydrogen-bond acceptors (Lipinski definition) is 7. The summed E-state index contributed by atoms with van der Waals surface area (Å²) in [6, 6.07) is 13.1. The van der Waals surface area contributed by atoms with Crippen LogP contribution in [0.1, 0.15) is 22.5 Å². The predicted molar refractivity (Wildman–Crippen MR) is 131 cm³/mol. The van der Waals surface area contributed by atoms with Gasteiger partial charge in [0, 0.05) is 28.2 Å². The van der Waals surface area contributed by atoms with Crippen LogP contribution in [-0.2, 0) is 0 Å². The maximum atomic E-state index is 10.2. The third-order valence-corrected chi connectivity index (χ3v) is 4.78. The summed E-state index contributed by atoms with van der Waals surface area (Å²) < 4.78 is 5.24. The topological polar surface area (TPSA) is 82.0 Å². The maximum absolute atomic E-state index is 10.2. The molecule has 0 fully saturated rings. The fraction of sp³-hybridized carbons (Fsp3) is 0.200. The number of benzene rings is 2. The van der Waals surface area contributed by atoms with E-state index in [4.69, 9.17) is 4.74 Å². The number of phenols is 2. The van der Waals surface area contributed by atoms with Crippen molar-refractivity contribution in [2.24, 2.45) is 0 Å². The van der Waals surface area contributed by atoms with Gasteiger partial charge in [-0.1, -0.05) is 24.3 Å². The largest absolute Gasteiger partial charge is 0.506 e. The molecule has 0 spiro atoms. The SMILES string of the molecule is COc1nc(/C=C/c2ccc(N(C)C)c(O)c2)cc(/C=C/c2ccc(N(C)C)c(O)c2)n1. The lowest BCUT2D eigenvalue weighted by atomic mass is 10.1. The first-order valence-electron chi connectivity index (χ1n) is 10.1. The van der Waals surface area contributed by atoms with Crippen LogP contribution in [0.5, 0.6) is 17.5 Å². The van der Waals surface area contributed by atoms with E-state index in [9.17, 15) is 10.2 Å². The monoisotopic (exact) mass is 432 g/mol. The summed E-state index contributed by atoms with van der Waals surface area (Å²) in [7, 11) is 9.04. The van der Waals surface area contributed by atoms with Gasteiger partial charge in [0.2, 0.25) is 0 Å². The van der Waals surface area contributed by atoms with Gasteiger partial charge in [-0.3, -0.25) is 0 Å². The fourth-order valence-electron chi connectivity index (χ4n) is 3.13. The van der Waals surface area contributed by atoms with E-state index in [1.165, 1.54) is 7.11 Å². The molecule has 1 heterocycles. The van der Waals surface area contributed by atoms with E-state index in [0.717, 1.165) is 22.5 Å². The maximum Gasteiger partial charge on any atom is 0.317 e. The van der Waals surface area contributed by atoms with Gasteiger partial charge in [0.05, 0.1) is 29.9 Å². The van der Waals surface area contributed by atoms with Gasteiger partial charge in [0.15, 0.2) is 0 Å². The minimum Gasteiger partial charge on any atom is -0.506 e. The number of aromatic hydroxyl groups is 2. The quantitative estimate of drug-likeness (QED) is 0.574. The second kappa shape index (κ2) is 9.87. The minimum absolute atomic E-state index is 0.213. The third kappa shape index (κ3) is 5.57. The smallest absolute Gasteiger partial charge is 0.317 e. The minimum atomic E-state index is 0.213. The van der Waals surface area contributed by atoms with Crippen molar-refractivity contribution in [2.45, 2.75) is 0 Å². The Labute approximate surface area is 188 Å². The van der Waals surface area contributed by atoms with E-state index in [1.54, 1.807) is 12.1 Å². The molecule has 2 N–H and O–H groups in total. The summed E-state index contributed by atoms with van der Waals surface area (Å²) in [4.78, 5) is 12.4. The second-order valence-electron chi connectivity index (χ2n) is 7.66. The van der Waals surface area contributed by atoms with E-state index in [2.05, 4.69) is 9.97 Å². The van der Waals surface area contributed by atoms with Crippen LogP contribution in [0, 0.1) is 0 Å². The molecule has 0 unspecified atom stereocenters. The van der Waals surface area contributed by atoms with Crippen molar-refractivity contribution in [1.29, 1.82) is 0 Å². The van der Waals surface area contributed by atoms with Crippen molar-refractivity contribution in [3.05, 3.63) is 65.0 Å². The van der Waals surface area contributed by atoms with Crippen LogP contribution in [0.15, 0.2) is 42.5 Å². The standard InChI is InChI=1S/C25H28N4O3/c1-28(2)21-12-8-17(14-23(21)30)6-10-19-16-20(27-25(26-19)32-5)11-7-18-9-13-22(29(3)4)24(31)15-18/h6-16,30-31H,1-5H3/b10-6+,11-7+. The molecule has 2 aromatic carbocycles. The van der Waals surface area contributed by atoms with Crippen LogP contribution >= 0.6 is 0 Å². The highest BCUT2D eigenvalue weighted by atomic mass is 16.5. The predicted octanol–water partition coefficient (Wildman–Crippen LogP) is 4.37. The summed E-state index contributed by atoms with van der Waals surface area (Å²) in [6.07, 6.45) is 7.41. The zero-order chi connectivity index (χ0) is 23.3. The van der Waals surface area contributed by atoms with Gasteiger partial charge in [-0.2, -0.15) is 9.97 Å². The van der Waals surface area contributed by atoms with Gasteiger partial charge in [-0.15, -0.1) is 0 Å². The first-order valence-corrected chi connectivity index (χ1v) is 10.1. The Bertz CT molecular complexity index is 1070. The van der Waals surface area contributed by atoms with E-state index >= 15 is 0 Å². The number of ether oxygens (including phenoxy) is 1. The van der Waals surface area contributed by atoms with Crippen LogP contribution < -0.4 is 14.5 Å². The molecule has 0 saturated heterocycles. The first kappa shape index (κ1) is 22.7. The Morgan fingerprint density at radius 3 is 1.47 bits per heavy atom. The van der Waals surface area contributed by atoms with Crippen molar-refractivity contribution in [2.75, 3.05) is 45.1 Å². The number of methoxy groups -OCH3 is 1. The number of nitrogens with zero attached hydrogens (tertiary/aromatic N) is 4. The van der Waals surface area contributed by atoms with Gasteiger partial charge in [0.1, 0.15) is 11.5 Å². The van der Waals surface area contributed by atoms with E-state index in [0.29, 0.717) is 11.4 Å². The van der Waals surface area contributed by atoms with Crippen LogP contribution in [0.25, 0.3) is 24.3 Å². The lowest BCUT2D eigenvalue weighted by molar-refractivity contribution is 0.379. The zero-order valence-corrected chi connectivity index (χ0v) is 18.9. The lowest BCUT2D eigenvalue weighted by Gasteiger charge is -2.14. The van der Waals surface area contributed by atoms with Crippen molar-refractivity contribution in [1.82, 2.24) is 9.97 Å². The molecule has 0 amide bonds. The van der Waals surface area contributed by atoms with Gasteiger partial charge in [-0.25, -0.2) is 0 Å². The molecule has 0 radical (unpaired) electrons. The summed E-state index contributed by atoms with van der Waals surface area (Å²) in [6.45, 7) is 0. The molecule has 0 bridgehead atoms. The molecule has 7 nitrogen and oxygen atoms in total. The molecule has 1 aromatic heterocycles. The highest BCUT2D eigenvalue weighted by Crippen LogP contribution is 2.28. The number of aromatic nitrogens is 2. The van der Waals surface area contributed by atoms with Gasteiger partial charge in [-0.05, 0) is 53.6 Å².